The highest BCUT2D eigenvalue weighted by Gasteiger charge is 2.05. The fourth-order valence-electron chi connectivity index (χ4n) is 1.99. The molecule has 1 heterocycles. The number of ether oxygens (including phenoxy) is 1. The molecule has 96 valence electrons. The molecule has 0 aliphatic rings. The molecule has 0 saturated heterocycles. The summed E-state index contributed by atoms with van der Waals surface area (Å²) < 4.78 is 8.41. The summed E-state index contributed by atoms with van der Waals surface area (Å²) in [5.74, 6) is 0.852. The van der Waals surface area contributed by atoms with Crippen LogP contribution in [-0.2, 0) is 13.1 Å². The molecule has 1 aromatic heterocycles. The van der Waals surface area contributed by atoms with E-state index in [1.165, 1.54) is 16.8 Å². The second-order valence-corrected chi connectivity index (χ2v) is 5.08. The first kappa shape index (κ1) is 13.2. The van der Waals surface area contributed by atoms with E-state index in [-0.39, 0.29) is 0 Å². The third-order valence-corrected chi connectivity index (χ3v) is 3.76. The first-order valence-electron chi connectivity index (χ1n) is 5.82. The molecule has 0 aliphatic heterocycles. The largest absolute Gasteiger partial charge is 0.496 e. The molecule has 0 spiro atoms. The Bertz CT molecular complexity index is 549. The van der Waals surface area contributed by atoms with E-state index in [1.807, 2.05) is 6.07 Å². The smallest absolute Gasteiger partial charge is 0.133 e. The van der Waals surface area contributed by atoms with Crippen LogP contribution in [0.15, 0.2) is 34.9 Å². The molecule has 0 radical (unpaired) electrons. The van der Waals surface area contributed by atoms with Crippen LogP contribution in [0.1, 0.15) is 16.8 Å². The Labute approximate surface area is 116 Å². The standard InChI is InChI=1S/C14H17BrN2O/c1-10-12(8-16)5-6-17(10)9-11-3-4-14(18-2)13(15)7-11/h3-7H,8-9,16H2,1-2H3. The third-order valence-electron chi connectivity index (χ3n) is 3.14. The summed E-state index contributed by atoms with van der Waals surface area (Å²) in [6, 6.07) is 8.21. The highest BCUT2D eigenvalue weighted by molar-refractivity contribution is 9.10. The van der Waals surface area contributed by atoms with Crippen molar-refractivity contribution in [3.8, 4) is 5.75 Å². The van der Waals surface area contributed by atoms with Crippen LogP contribution in [-0.4, -0.2) is 11.7 Å². The topological polar surface area (TPSA) is 40.2 Å². The average molecular weight is 309 g/mol. The molecule has 0 bridgehead atoms. The van der Waals surface area contributed by atoms with Gasteiger partial charge in [0.05, 0.1) is 11.6 Å². The van der Waals surface area contributed by atoms with Crippen LogP contribution in [0.4, 0.5) is 0 Å². The van der Waals surface area contributed by atoms with Crippen molar-refractivity contribution in [2.45, 2.75) is 20.0 Å². The molecular weight excluding hydrogens is 292 g/mol. The summed E-state index contributed by atoms with van der Waals surface area (Å²) in [7, 11) is 1.67. The van der Waals surface area contributed by atoms with Crippen molar-refractivity contribution in [1.82, 2.24) is 4.57 Å². The predicted octanol–water partition coefficient (Wildman–Crippen LogP) is 3.07. The van der Waals surface area contributed by atoms with Crippen molar-refractivity contribution < 1.29 is 4.74 Å². The highest BCUT2D eigenvalue weighted by atomic mass is 79.9. The summed E-state index contributed by atoms with van der Waals surface area (Å²) in [6.07, 6.45) is 2.08. The van der Waals surface area contributed by atoms with Crippen molar-refractivity contribution in [2.24, 2.45) is 5.73 Å². The lowest BCUT2D eigenvalue weighted by atomic mass is 10.2. The molecule has 18 heavy (non-hydrogen) atoms. The summed E-state index contributed by atoms with van der Waals surface area (Å²) in [5.41, 5.74) is 9.33. The Morgan fingerprint density at radius 2 is 2.11 bits per heavy atom. The maximum absolute atomic E-state index is 5.68. The van der Waals surface area contributed by atoms with Gasteiger partial charge in [-0.1, -0.05) is 6.07 Å². The van der Waals surface area contributed by atoms with E-state index in [1.54, 1.807) is 7.11 Å². The molecule has 2 aromatic rings. The normalized spacial score (nSPS) is 10.7. The number of nitrogens with zero attached hydrogens (tertiary/aromatic N) is 1. The second-order valence-electron chi connectivity index (χ2n) is 4.23. The highest BCUT2D eigenvalue weighted by Crippen LogP contribution is 2.26. The number of rotatable bonds is 4. The van der Waals surface area contributed by atoms with Gasteiger partial charge in [-0.15, -0.1) is 0 Å². The summed E-state index contributed by atoms with van der Waals surface area (Å²) in [5, 5.41) is 0. The molecule has 4 heteroatoms. The van der Waals surface area contributed by atoms with Crippen molar-refractivity contribution in [1.29, 1.82) is 0 Å². The van der Waals surface area contributed by atoms with Crippen molar-refractivity contribution in [3.63, 3.8) is 0 Å². The SMILES string of the molecule is COc1ccc(Cn2ccc(CN)c2C)cc1Br. The van der Waals surface area contributed by atoms with Gasteiger partial charge < -0.3 is 15.0 Å². The lowest BCUT2D eigenvalue weighted by Crippen LogP contribution is -2.03. The monoisotopic (exact) mass is 308 g/mol. The van der Waals surface area contributed by atoms with E-state index in [2.05, 4.69) is 51.8 Å². The van der Waals surface area contributed by atoms with Crippen molar-refractivity contribution >= 4 is 15.9 Å². The van der Waals surface area contributed by atoms with Crippen LogP contribution >= 0.6 is 15.9 Å². The van der Waals surface area contributed by atoms with Crippen LogP contribution in [0.3, 0.4) is 0 Å². The van der Waals surface area contributed by atoms with Gasteiger partial charge in [0.1, 0.15) is 5.75 Å². The van der Waals surface area contributed by atoms with Crippen molar-refractivity contribution in [2.75, 3.05) is 7.11 Å². The molecule has 0 unspecified atom stereocenters. The zero-order valence-corrected chi connectivity index (χ0v) is 12.2. The minimum absolute atomic E-state index is 0.588. The van der Waals surface area contributed by atoms with Gasteiger partial charge in [0.2, 0.25) is 0 Å². The molecule has 0 fully saturated rings. The fraction of sp³-hybridized carbons (Fsp3) is 0.286. The number of nitrogens with two attached hydrogens (primary N) is 1. The lowest BCUT2D eigenvalue weighted by molar-refractivity contribution is 0.412. The molecule has 0 atom stereocenters. The third kappa shape index (κ3) is 2.60. The van der Waals surface area contributed by atoms with E-state index >= 15 is 0 Å². The maximum Gasteiger partial charge on any atom is 0.133 e. The Kier molecular flexibility index (Phi) is 4.09. The quantitative estimate of drug-likeness (QED) is 0.943. The summed E-state index contributed by atoms with van der Waals surface area (Å²) in [4.78, 5) is 0. The molecule has 2 N–H and O–H groups in total. The lowest BCUT2D eigenvalue weighted by Gasteiger charge is -2.09. The van der Waals surface area contributed by atoms with Gasteiger partial charge >= 0.3 is 0 Å². The number of methoxy groups -OCH3 is 1. The number of aromatic nitrogens is 1. The van der Waals surface area contributed by atoms with Crippen LogP contribution in [0.5, 0.6) is 5.75 Å². The fourth-order valence-corrected chi connectivity index (χ4v) is 2.58. The van der Waals surface area contributed by atoms with Gasteiger partial charge in [0.15, 0.2) is 0 Å². The maximum atomic E-state index is 5.68. The minimum Gasteiger partial charge on any atom is -0.496 e. The summed E-state index contributed by atoms with van der Waals surface area (Å²) >= 11 is 3.50. The summed E-state index contributed by atoms with van der Waals surface area (Å²) in [6.45, 7) is 3.53. The average Bonchev–Trinajstić information content (AvgIpc) is 2.71. The van der Waals surface area contributed by atoms with Crippen LogP contribution in [0.2, 0.25) is 0 Å². The molecule has 1 aromatic carbocycles. The van der Waals surface area contributed by atoms with Crippen LogP contribution < -0.4 is 10.5 Å². The first-order valence-corrected chi connectivity index (χ1v) is 6.62. The van der Waals surface area contributed by atoms with E-state index in [0.717, 1.165) is 16.8 Å². The Morgan fingerprint density at radius 3 is 2.67 bits per heavy atom. The van der Waals surface area contributed by atoms with Crippen LogP contribution in [0.25, 0.3) is 0 Å². The molecule has 2 rings (SSSR count). The second kappa shape index (κ2) is 5.59. The molecule has 3 nitrogen and oxygen atoms in total. The van der Waals surface area contributed by atoms with Crippen molar-refractivity contribution in [3.05, 3.63) is 51.8 Å². The molecule has 0 amide bonds. The minimum atomic E-state index is 0.588. The van der Waals surface area contributed by atoms with E-state index in [9.17, 15) is 0 Å². The number of hydrogen-bond acceptors (Lipinski definition) is 2. The van der Waals surface area contributed by atoms with Gasteiger partial charge in [-0.2, -0.15) is 0 Å². The zero-order valence-electron chi connectivity index (χ0n) is 10.6. The molecule has 0 aliphatic carbocycles. The van der Waals surface area contributed by atoms with Gasteiger partial charge in [0.25, 0.3) is 0 Å². The number of halogens is 1. The first-order chi connectivity index (χ1) is 8.65. The predicted molar refractivity (Wildman–Crippen MR) is 76.9 cm³/mol. The van der Waals surface area contributed by atoms with Gasteiger partial charge in [0, 0.05) is 25.0 Å². The Hall–Kier alpha value is -1.26. The van der Waals surface area contributed by atoms with Gasteiger partial charge in [-0.25, -0.2) is 0 Å². The molecular formula is C14H17BrN2O. The van der Waals surface area contributed by atoms with E-state index in [0.29, 0.717) is 6.54 Å². The van der Waals surface area contributed by atoms with Gasteiger partial charge in [-0.3, -0.25) is 0 Å². The van der Waals surface area contributed by atoms with E-state index < -0.39 is 0 Å². The van der Waals surface area contributed by atoms with Gasteiger partial charge in [-0.05, 0) is 52.2 Å². The Balaban J connectivity index is 2.23. The number of hydrogen-bond donors (Lipinski definition) is 1. The zero-order chi connectivity index (χ0) is 13.1. The number of benzene rings is 1. The van der Waals surface area contributed by atoms with Crippen LogP contribution in [0, 0.1) is 6.92 Å². The molecule has 0 saturated carbocycles. The van der Waals surface area contributed by atoms with E-state index in [4.69, 9.17) is 10.5 Å². The Morgan fingerprint density at radius 1 is 1.33 bits per heavy atom.